The van der Waals surface area contributed by atoms with E-state index in [0.29, 0.717) is 31.3 Å². The van der Waals surface area contributed by atoms with E-state index in [0.717, 1.165) is 18.4 Å². The number of carbonyl (C=O) groups is 1. The summed E-state index contributed by atoms with van der Waals surface area (Å²) in [5.74, 6) is 0.125. The van der Waals surface area contributed by atoms with Crippen molar-refractivity contribution in [2.45, 2.75) is 18.9 Å². The van der Waals surface area contributed by atoms with Crippen LogP contribution < -0.4 is 5.73 Å². The van der Waals surface area contributed by atoms with Gasteiger partial charge in [-0.15, -0.1) is 0 Å². The summed E-state index contributed by atoms with van der Waals surface area (Å²) in [7, 11) is 0. The first-order valence-electron chi connectivity index (χ1n) is 7.17. The third-order valence-corrected chi connectivity index (χ3v) is 3.98. The molecule has 6 heteroatoms. The van der Waals surface area contributed by atoms with E-state index in [1.54, 1.807) is 0 Å². The molecule has 3 N–H and O–H groups in total. The van der Waals surface area contributed by atoms with Crippen LogP contribution in [0.5, 0.6) is 0 Å². The molecule has 0 aliphatic carbocycles. The number of likely N-dealkylation sites (tertiary alicyclic amines) is 1. The second-order valence-electron chi connectivity index (χ2n) is 5.27. The van der Waals surface area contributed by atoms with Gasteiger partial charge in [0.25, 0.3) is 0 Å². The van der Waals surface area contributed by atoms with E-state index in [1.165, 1.54) is 4.90 Å². The molecule has 1 amide bonds. The van der Waals surface area contributed by atoms with Gasteiger partial charge in [0.2, 0.25) is 0 Å². The maximum Gasteiger partial charge on any atom is 0.407 e. The van der Waals surface area contributed by atoms with Crippen molar-refractivity contribution in [2.75, 3.05) is 26.2 Å². The fourth-order valence-electron chi connectivity index (χ4n) is 2.81. The van der Waals surface area contributed by atoms with Gasteiger partial charge in [0, 0.05) is 30.6 Å². The van der Waals surface area contributed by atoms with Crippen molar-refractivity contribution in [3.63, 3.8) is 0 Å². The molecule has 21 heavy (non-hydrogen) atoms. The number of halogens is 1. The first-order chi connectivity index (χ1) is 10.1. The quantitative estimate of drug-likeness (QED) is 0.876. The Morgan fingerprint density at radius 3 is 3.05 bits per heavy atom. The highest BCUT2D eigenvalue weighted by molar-refractivity contribution is 6.30. The van der Waals surface area contributed by atoms with Crippen molar-refractivity contribution in [3.05, 3.63) is 34.9 Å². The van der Waals surface area contributed by atoms with Crippen molar-refractivity contribution >= 4 is 17.7 Å². The molecule has 0 radical (unpaired) electrons. The summed E-state index contributed by atoms with van der Waals surface area (Å²) in [6.07, 6.45) is 0.740. The third kappa shape index (κ3) is 4.33. The molecular weight excluding hydrogens is 292 g/mol. The van der Waals surface area contributed by atoms with Crippen molar-refractivity contribution in [2.24, 2.45) is 11.7 Å². The van der Waals surface area contributed by atoms with Gasteiger partial charge in [0.15, 0.2) is 0 Å². The second kappa shape index (κ2) is 7.64. The Labute approximate surface area is 129 Å². The summed E-state index contributed by atoms with van der Waals surface area (Å²) in [6.45, 7) is 1.95. The monoisotopic (exact) mass is 312 g/mol. The van der Waals surface area contributed by atoms with Crippen LogP contribution in [-0.4, -0.2) is 42.3 Å². The SMILES string of the molecule is NCCO[C@@H](c1cccc(Cl)c1)C1CCCN(C(=O)O)C1. The maximum atomic E-state index is 11.2. The van der Waals surface area contributed by atoms with Crippen LogP contribution in [0.4, 0.5) is 4.79 Å². The first-order valence-corrected chi connectivity index (χ1v) is 7.54. The minimum absolute atomic E-state index is 0.125. The topological polar surface area (TPSA) is 75.8 Å². The summed E-state index contributed by atoms with van der Waals surface area (Å²) in [5, 5.41) is 9.83. The van der Waals surface area contributed by atoms with Gasteiger partial charge in [-0.25, -0.2) is 4.79 Å². The number of amides is 1. The Bertz CT molecular complexity index is 484. The van der Waals surface area contributed by atoms with Crippen LogP contribution in [0.25, 0.3) is 0 Å². The Morgan fingerprint density at radius 1 is 1.57 bits per heavy atom. The Morgan fingerprint density at radius 2 is 2.38 bits per heavy atom. The highest BCUT2D eigenvalue weighted by Crippen LogP contribution is 2.33. The third-order valence-electron chi connectivity index (χ3n) is 3.75. The number of rotatable bonds is 5. The number of nitrogens with zero attached hydrogens (tertiary/aromatic N) is 1. The number of hydrogen-bond acceptors (Lipinski definition) is 3. The second-order valence-corrected chi connectivity index (χ2v) is 5.70. The molecule has 0 aromatic heterocycles. The van der Waals surface area contributed by atoms with E-state index in [-0.39, 0.29) is 12.0 Å². The lowest BCUT2D eigenvalue weighted by molar-refractivity contribution is -0.00975. The van der Waals surface area contributed by atoms with Gasteiger partial charge >= 0.3 is 6.09 Å². The predicted octanol–water partition coefficient (Wildman–Crippen LogP) is 2.75. The Kier molecular flexibility index (Phi) is 5.85. The number of piperidine rings is 1. The van der Waals surface area contributed by atoms with Crippen LogP contribution in [0, 0.1) is 5.92 Å². The van der Waals surface area contributed by atoms with Gasteiger partial charge in [-0.3, -0.25) is 0 Å². The zero-order chi connectivity index (χ0) is 15.2. The van der Waals surface area contributed by atoms with E-state index in [2.05, 4.69) is 0 Å². The molecule has 1 aliphatic rings. The maximum absolute atomic E-state index is 11.2. The van der Waals surface area contributed by atoms with Crippen LogP contribution in [0.3, 0.4) is 0 Å². The van der Waals surface area contributed by atoms with Crippen molar-refractivity contribution in [1.82, 2.24) is 4.90 Å². The molecule has 1 aromatic carbocycles. The van der Waals surface area contributed by atoms with Crippen LogP contribution in [0.15, 0.2) is 24.3 Å². The van der Waals surface area contributed by atoms with E-state index in [4.69, 9.17) is 22.1 Å². The molecule has 5 nitrogen and oxygen atoms in total. The van der Waals surface area contributed by atoms with E-state index in [9.17, 15) is 9.90 Å². The normalized spacial score (nSPS) is 20.3. The van der Waals surface area contributed by atoms with Gasteiger partial charge in [-0.1, -0.05) is 23.7 Å². The van der Waals surface area contributed by atoms with Crippen molar-refractivity contribution in [3.8, 4) is 0 Å². The molecule has 1 aromatic rings. The summed E-state index contributed by atoms with van der Waals surface area (Å²) in [6, 6.07) is 7.54. The van der Waals surface area contributed by atoms with Crippen molar-refractivity contribution in [1.29, 1.82) is 0 Å². The molecule has 2 rings (SSSR count). The standard InChI is InChI=1S/C15H21ClN2O3/c16-13-5-1-3-11(9-13)14(21-8-6-17)12-4-2-7-18(10-12)15(19)20/h1,3,5,9,12,14H,2,4,6-8,10,17H2,(H,19,20)/t12?,14-/m0/s1. The highest BCUT2D eigenvalue weighted by Gasteiger charge is 2.31. The van der Waals surface area contributed by atoms with E-state index >= 15 is 0 Å². The van der Waals surface area contributed by atoms with Crippen LogP contribution in [-0.2, 0) is 4.74 Å². The minimum atomic E-state index is -0.872. The molecule has 1 heterocycles. The van der Waals surface area contributed by atoms with E-state index < -0.39 is 6.09 Å². The van der Waals surface area contributed by atoms with Crippen LogP contribution in [0.1, 0.15) is 24.5 Å². The smallest absolute Gasteiger partial charge is 0.407 e. The summed E-state index contributed by atoms with van der Waals surface area (Å²) >= 11 is 6.06. The van der Waals surface area contributed by atoms with Gasteiger partial charge in [0.1, 0.15) is 0 Å². The fourth-order valence-corrected chi connectivity index (χ4v) is 3.01. The molecule has 0 saturated carbocycles. The largest absolute Gasteiger partial charge is 0.465 e. The van der Waals surface area contributed by atoms with E-state index in [1.807, 2.05) is 24.3 Å². The number of hydrogen-bond donors (Lipinski definition) is 2. The van der Waals surface area contributed by atoms with Gasteiger partial charge < -0.3 is 20.5 Å². The van der Waals surface area contributed by atoms with Crippen molar-refractivity contribution < 1.29 is 14.6 Å². The molecule has 1 unspecified atom stereocenters. The average Bonchev–Trinajstić information content (AvgIpc) is 2.48. The minimum Gasteiger partial charge on any atom is -0.465 e. The number of ether oxygens (including phenoxy) is 1. The number of carboxylic acid groups (broad SMARTS) is 1. The first kappa shape index (κ1) is 16.1. The molecule has 116 valence electrons. The molecule has 1 saturated heterocycles. The summed E-state index contributed by atoms with van der Waals surface area (Å²) < 4.78 is 5.90. The number of benzene rings is 1. The Hall–Kier alpha value is -1.30. The van der Waals surface area contributed by atoms with Crippen LogP contribution in [0.2, 0.25) is 5.02 Å². The molecule has 1 aliphatic heterocycles. The lowest BCUT2D eigenvalue weighted by atomic mass is 9.88. The zero-order valence-corrected chi connectivity index (χ0v) is 12.6. The average molecular weight is 313 g/mol. The summed E-state index contributed by atoms with van der Waals surface area (Å²) in [5.41, 5.74) is 6.51. The Balaban J connectivity index is 2.17. The molecular formula is C15H21ClN2O3. The molecule has 0 bridgehead atoms. The number of nitrogens with two attached hydrogens (primary N) is 1. The van der Waals surface area contributed by atoms with Crippen LogP contribution >= 0.6 is 11.6 Å². The lowest BCUT2D eigenvalue weighted by Gasteiger charge is -2.35. The lowest BCUT2D eigenvalue weighted by Crippen LogP contribution is -2.41. The molecule has 1 fully saturated rings. The van der Waals surface area contributed by atoms with Gasteiger partial charge in [-0.2, -0.15) is 0 Å². The fraction of sp³-hybridized carbons (Fsp3) is 0.533. The summed E-state index contributed by atoms with van der Waals surface area (Å²) in [4.78, 5) is 12.6. The highest BCUT2D eigenvalue weighted by atomic mass is 35.5. The molecule has 2 atom stereocenters. The zero-order valence-electron chi connectivity index (χ0n) is 11.9. The van der Waals surface area contributed by atoms with Gasteiger partial charge in [-0.05, 0) is 30.5 Å². The molecule has 0 spiro atoms. The van der Waals surface area contributed by atoms with Gasteiger partial charge in [0.05, 0.1) is 12.7 Å². The predicted molar refractivity (Wildman–Crippen MR) is 81.5 cm³/mol.